The molecule has 0 saturated carbocycles. The summed E-state index contributed by atoms with van der Waals surface area (Å²) in [6.07, 6.45) is 0.985. The summed E-state index contributed by atoms with van der Waals surface area (Å²) in [6.45, 7) is 2.98. The van der Waals surface area contributed by atoms with Crippen LogP contribution in [0.1, 0.15) is 38.8 Å². The number of hydrogen-bond acceptors (Lipinski definition) is 5. The molecule has 154 valence electrons. The lowest BCUT2D eigenvalue weighted by atomic mass is 10.1. The predicted octanol–water partition coefficient (Wildman–Crippen LogP) is 1.48. The van der Waals surface area contributed by atoms with Crippen molar-refractivity contribution >= 4 is 23.5 Å². The van der Waals surface area contributed by atoms with Gasteiger partial charge in [-0.05, 0) is 30.2 Å². The molecule has 0 aliphatic rings. The fourth-order valence-electron chi connectivity index (χ4n) is 2.95. The number of methoxy groups -OCH3 is 2. The van der Waals surface area contributed by atoms with E-state index in [-0.39, 0.29) is 29.3 Å². The fraction of sp³-hybridized carbons (Fsp3) is 0.318. The molecule has 0 spiro atoms. The predicted molar refractivity (Wildman–Crippen MR) is 109 cm³/mol. The van der Waals surface area contributed by atoms with Crippen LogP contribution in [0, 0.1) is 0 Å². The number of rotatable bonds is 8. The third-order valence-corrected chi connectivity index (χ3v) is 4.52. The van der Waals surface area contributed by atoms with Crippen molar-refractivity contribution in [2.45, 2.75) is 19.9 Å². The van der Waals surface area contributed by atoms with Crippen molar-refractivity contribution in [1.29, 1.82) is 0 Å². The van der Waals surface area contributed by atoms with Gasteiger partial charge < -0.3 is 19.7 Å². The summed E-state index contributed by atoms with van der Waals surface area (Å²) in [5.74, 6) is -1.44. The molecule has 0 fully saturated rings. The molecule has 7 heteroatoms. The Kier molecular flexibility index (Phi) is 7.91. The maximum atomic E-state index is 12.5. The molecule has 0 aliphatic carbocycles. The first-order valence-electron chi connectivity index (χ1n) is 9.37. The van der Waals surface area contributed by atoms with E-state index in [2.05, 4.69) is 36.5 Å². The van der Waals surface area contributed by atoms with Crippen molar-refractivity contribution in [2.24, 2.45) is 0 Å². The smallest absolute Gasteiger partial charge is 0.339 e. The molecule has 2 N–H and O–H groups in total. The number of carbonyl (C=O) groups is 3. The molecule has 7 nitrogen and oxygen atoms in total. The summed E-state index contributed by atoms with van der Waals surface area (Å²) < 4.78 is 9.45. The van der Waals surface area contributed by atoms with E-state index >= 15 is 0 Å². The topological polar surface area (TPSA) is 86.1 Å². The summed E-state index contributed by atoms with van der Waals surface area (Å²) in [5, 5.41) is 2.71. The van der Waals surface area contributed by atoms with Crippen LogP contribution in [0.5, 0.6) is 0 Å². The highest BCUT2D eigenvalue weighted by molar-refractivity contribution is 6.03. The third kappa shape index (κ3) is 6.15. The van der Waals surface area contributed by atoms with Gasteiger partial charge in [0.1, 0.15) is 6.54 Å². The molecule has 1 unspecified atom stereocenters. The number of quaternary nitrogens is 1. The van der Waals surface area contributed by atoms with Gasteiger partial charge in [0.15, 0.2) is 6.54 Å². The van der Waals surface area contributed by atoms with Gasteiger partial charge in [0.05, 0.1) is 38.1 Å². The summed E-state index contributed by atoms with van der Waals surface area (Å²) in [5.41, 5.74) is 3.01. The molecule has 2 rings (SSSR count). The molecule has 2 aromatic rings. The van der Waals surface area contributed by atoms with Crippen molar-refractivity contribution in [3.63, 3.8) is 0 Å². The third-order valence-electron chi connectivity index (χ3n) is 4.52. The summed E-state index contributed by atoms with van der Waals surface area (Å²) in [7, 11) is 4.43. The van der Waals surface area contributed by atoms with Crippen LogP contribution >= 0.6 is 0 Å². The second-order valence-electron chi connectivity index (χ2n) is 6.77. The number of likely N-dealkylation sites (N-methyl/N-ethyl adjacent to an activating group) is 1. The van der Waals surface area contributed by atoms with Gasteiger partial charge in [-0.3, -0.25) is 4.79 Å². The van der Waals surface area contributed by atoms with E-state index in [1.807, 2.05) is 7.05 Å². The van der Waals surface area contributed by atoms with Crippen LogP contribution in [0.2, 0.25) is 0 Å². The molecule has 0 heterocycles. The minimum absolute atomic E-state index is 0.168. The van der Waals surface area contributed by atoms with Crippen LogP contribution in [0.4, 0.5) is 5.69 Å². The first-order valence-corrected chi connectivity index (χ1v) is 9.37. The van der Waals surface area contributed by atoms with Gasteiger partial charge in [-0.15, -0.1) is 0 Å². The standard InChI is InChI=1S/C22H26N2O5/c1-5-15-6-8-16(9-7-15)13-24(2)14-20(25)23-19-12-17(21(26)28-3)10-11-18(19)22(27)29-4/h6-12H,5,13-14H2,1-4H3,(H,23,25)/p+1. The normalized spacial score (nSPS) is 11.4. The second-order valence-corrected chi connectivity index (χ2v) is 6.77. The minimum atomic E-state index is -0.603. The summed E-state index contributed by atoms with van der Waals surface area (Å²) >= 11 is 0. The van der Waals surface area contributed by atoms with Crippen molar-refractivity contribution < 1.29 is 28.8 Å². The first kappa shape index (κ1) is 22.1. The number of carbonyl (C=O) groups excluding carboxylic acids is 3. The molecule has 1 atom stereocenters. The zero-order valence-corrected chi connectivity index (χ0v) is 17.2. The van der Waals surface area contributed by atoms with E-state index in [1.54, 1.807) is 0 Å². The molecule has 0 saturated heterocycles. The van der Waals surface area contributed by atoms with Gasteiger partial charge in [0.25, 0.3) is 5.91 Å². The van der Waals surface area contributed by atoms with E-state index in [1.165, 1.54) is 38.0 Å². The number of anilines is 1. The van der Waals surface area contributed by atoms with Gasteiger partial charge in [0, 0.05) is 5.56 Å². The highest BCUT2D eigenvalue weighted by Gasteiger charge is 2.19. The quantitative estimate of drug-likeness (QED) is 0.657. The Hall–Kier alpha value is -3.19. The first-order chi connectivity index (χ1) is 13.9. The SMILES string of the molecule is CCc1ccc(C[NH+](C)CC(=O)Nc2cc(C(=O)OC)ccc2C(=O)OC)cc1. The zero-order chi connectivity index (χ0) is 21.4. The lowest BCUT2D eigenvalue weighted by molar-refractivity contribution is -0.885. The molecule has 0 radical (unpaired) electrons. The molecule has 29 heavy (non-hydrogen) atoms. The number of amides is 1. The van der Waals surface area contributed by atoms with Crippen LogP contribution in [-0.2, 0) is 27.2 Å². The highest BCUT2D eigenvalue weighted by atomic mass is 16.5. The zero-order valence-electron chi connectivity index (χ0n) is 17.2. The minimum Gasteiger partial charge on any atom is -0.465 e. The molecule has 2 aromatic carbocycles. The highest BCUT2D eigenvalue weighted by Crippen LogP contribution is 2.19. The lowest BCUT2D eigenvalue weighted by Gasteiger charge is -2.15. The number of benzene rings is 2. The number of nitrogens with one attached hydrogen (secondary N) is 2. The molecule has 0 aliphatic heterocycles. The van der Waals surface area contributed by atoms with E-state index in [9.17, 15) is 14.4 Å². The van der Waals surface area contributed by atoms with Crippen LogP contribution < -0.4 is 10.2 Å². The van der Waals surface area contributed by atoms with Crippen LogP contribution in [0.3, 0.4) is 0 Å². The Morgan fingerprint density at radius 3 is 2.14 bits per heavy atom. The Balaban J connectivity index is 2.09. The van der Waals surface area contributed by atoms with Gasteiger partial charge >= 0.3 is 11.9 Å². The average molecular weight is 399 g/mol. The molecule has 0 bridgehead atoms. The molecular formula is C22H27N2O5+. The van der Waals surface area contributed by atoms with Crippen molar-refractivity contribution in [1.82, 2.24) is 0 Å². The Morgan fingerprint density at radius 2 is 1.55 bits per heavy atom. The van der Waals surface area contributed by atoms with Crippen molar-refractivity contribution in [2.75, 3.05) is 33.1 Å². The number of ether oxygens (including phenoxy) is 2. The maximum absolute atomic E-state index is 12.5. The molecular weight excluding hydrogens is 372 g/mol. The molecule has 0 aromatic heterocycles. The van der Waals surface area contributed by atoms with Crippen molar-refractivity contribution in [3.05, 3.63) is 64.7 Å². The van der Waals surface area contributed by atoms with Gasteiger partial charge in [-0.1, -0.05) is 31.2 Å². The van der Waals surface area contributed by atoms with E-state index < -0.39 is 11.9 Å². The monoisotopic (exact) mass is 399 g/mol. The fourth-order valence-corrected chi connectivity index (χ4v) is 2.95. The molecule has 1 amide bonds. The van der Waals surface area contributed by atoms with Crippen LogP contribution in [-0.4, -0.2) is 45.7 Å². The lowest BCUT2D eigenvalue weighted by Crippen LogP contribution is -3.08. The van der Waals surface area contributed by atoms with Crippen LogP contribution in [0.25, 0.3) is 0 Å². The van der Waals surface area contributed by atoms with Gasteiger partial charge in [0.2, 0.25) is 0 Å². The maximum Gasteiger partial charge on any atom is 0.339 e. The summed E-state index contributed by atoms with van der Waals surface area (Å²) in [4.78, 5) is 37.3. The van der Waals surface area contributed by atoms with E-state index in [0.717, 1.165) is 16.9 Å². The van der Waals surface area contributed by atoms with E-state index in [4.69, 9.17) is 9.47 Å². The summed E-state index contributed by atoms with van der Waals surface area (Å²) in [6, 6.07) is 12.6. The van der Waals surface area contributed by atoms with E-state index in [0.29, 0.717) is 6.54 Å². The second kappa shape index (κ2) is 10.4. The Labute approximate surface area is 170 Å². The Bertz CT molecular complexity index is 877. The van der Waals surface area contributed by atoms with Crippen LogP contribution in [0.15, 0.2) is 42.5 Å². The average Bonchev–Trinajstić information content (AvgIpc) is 2.72. The van der Waals surface area contributed by atoms with Gasteiger partial charge in [-0.2, -0.15) is 0 Å². The number of esters is 2. The van der Waals surface area contributed by atoms with Crippen molar-refractivity contribution in [3.8, 4) is 0 Å². The number of aryl methyl sites for hydroxylation is 1. The largest absolute Gasteiger partial charge is 0.465 e. The Morgan fingerprint density at radius 1 is 0.931 bits per heavy atom. The number of hydrogen-bond donors (Lipinski definition) is 2. The van der Waals surface area contributed by atoms with Gasteiger partial charge in [-0.25, -0.2) is 9.59 Å².